The Balaban J connectivity index is 1.15. The van der Waals surface area contributed by atoms with Gasteiger partial charge < -0.3 is 10.4 Å². The Bertz CT molecular complexity index is 1440. The smallest absolute Gasteiger partial charge is 0.251 e. The van der Waals surface area contributed by atoms with Gasteiger partial charge in [-0.25, -0.2) is 8.78 Å². The number of carbonyl (C=O) groups excluding carboxylic acids is 1. The summed E-state index contributed by atoms with van der Waals surface area (Å²) >= 11 is 0. The van der Waals surface area contributed by atoms with Gasteiger partial charge in [0.2, 0.25) is 0 Å². The monoisotopic (exact) mass is 491 g/mol. The number of amides is 1. The molecule has 3 aliphatic carbocycles. The summed E-state index contributed by atoms with van der Waals surface area (Å²) in [6, 6.07) is 8.04. The predicted octanol–water partition coefficient (Wildman–Crippen LogP) is 4.90. The van der Waals surface area contributed by atoms with Gasteiger partial charge in [-0.2, -0.15) is 10.2 Å². The molecule has 1 amide bonds. The standard InChI is InChI=1S/C27H27F2N5O2/c1-33-14-20(13-31-33)17-2-3-18-15-34(32-23(18)12-17)27-7-4-26(5-8-27,6-9-27)16-30-25(36)19-10-21(28)24(35)22(29)11-19/h2-3,10-15,35H,4-9,16H2,1H3,(H,30,36)/t26-,27+. The van der Waals surface area contributed by atoms with E-state index in [0.717, 1.165) is 72.7 Å². The number of hydrogen-bond donors (Lipinski definition) is 2. The minimum Gasteiger partial charge on any atom is -0.503 e. The summed E-state index contributed by atoms with van der Waals surface area (Å²) in [6.07, 6.45) is 11.7. The van der Waals surface area contributed by atoms with E-state index in [0.29, 0.717) is 6.54 Å². The average Bonchev–Trinajstić information content (AvgIpc) is 3.53. The topological polar surface area (TPSA) is 85.0 Å². The van der Waals surface area contributed by atoms with E-state index in [1.54, 1.807) is 4.68 Å². The molecule has 0 spiro atoms. The molecule has 7 rings (SSSR count). The maximum absolute atomic E-state index is 13.7. The molecule has 0 unspecified atom stereocenters. The van der Waals surface area contributed by atoms with Crippen molar-refractivity contribution in [2.24, 2.45) is 12.5 Å². The van der Waals surface area contributed by atoms with E-state index >= 15 is 0 Å². The van der Waals surface area contributed by atoms with Crippen LogP contribution in [0, 0.1) is 17.0 Å². The van der Waals surface area contributed by atoms with Crippen LogP contribution in [0.5, 0.6) is 5.75 Å². The first-order valence-electron chi connectivity index (χ1n) is 12.2. The third kappa shape index (κ3) is 3.73. The molecule has 4 aromatic rings. The van der Waals surface area contributed by atoms with Crippen molar-refractivity contribution < 1.29 is 18.7 Å². The molecule has 7 nitrogen and oxygen atoms in total. The average molecular weight is 492 g/mol. The molecule has 2 aromatic heterocycles. The number of phenols is 1. The fourth-order valence-corrected chi connectivity index (χ4v) is 5.93. The van der Waals surface area contributed by atoms with Crippen LogP contribution in [0.3, 0.4) is 0 Å². The van der Waals surface area contributed by atoms with Gasteiger partial charge in [0.25, 0.3) is 5.91 Å². The molecule has 2 heterocycles. The zero-order chi connectivity index (χ0) is 25.1. The summed E-state index contributed by atoms with van der Waals surface area (Å²) in [5, 5.41) is 22.5. The third-order valence-corrected chi connectivity index (χ3v) is 8.30. The van der Waals surface area contributed by atoms with Gasteiger partial charge in [0, 0.05) is 42.5 Å². The first kappa shape index (κ1) is 22.7. The lowest BCUT2D eigenvalue weighted by Gasteiger charge is -2.53. The minimum atomic E-state index is -1.14. The Morgan fingerprint density at radius 1 is 1.03 bits per heavy atom. The molecular weight excluding hydrogens is 464 g/mol. The maximum Gasteiger partial charge on any atom is 0.251 e. The second kappa shape index (κ2) is 8.15. The maximum atomic E-state index is 13.7. The Morgan fingerprint density at radius 3 is 2.36 bits per heavy atom. The van der Waals surface area contributed by atoms with Crippen LogP contribution >= 0.6 is 0 Å². The van der Waals surface area contributed by atoms with Crippen molar-refractivity contribution in [2.45, 2.75) is 44.1 Å². The van der Waals surface area contributed by atoms with E-state index in [1.807, 2.05) is 19.4 Å². The van der Waals surface area contributed by atoms with Gasteiger partial charge in [0.05, 0.1) is 17.3 Å². The summed E-state index contributed by atoms with van der Waals surface area (Å²) in [6.45, 7) is 0.460. The van der Waals surface area contributed by atoms with E-state index in [9.17, 15) is 18.7 Å². The van der Waals surface area contributed by atoms with E-state index in [2.05, 4.69) is 39.5 Å². The highest BCUT2D eigenvalue weighted by Gasteiger charge is 2.50. The van der Waals surface area contributed by atoms with Gasteiger partial charge in [-0.05, 0) is 67.7 Å². The third-order valence-electron chi connectivity index (χ3n) is 8.30. The molecule has 0 atom stereocenters. The van der Waals surface area contributed by atoms with E-state index in [4.69, 9.17) is 5.10 Å². The summed E-state index contributed by atoms with van der Waals surface area (Å²) < 4.78 is 31.3. The lowest BCUT2D eigenvalue weighted by Crippen LogP contribution is -2.51. The number of rotatable bonds is 5. The number of phenolic OH excluding ortho intramolecular Hbond substituents is 1. The summed E-state index contributed by atoms with van der Waals surface area (Å²) in [5.74, 6) is -3.89. The predicted molar refractivity (Wildman–Crippen MR) is 130 cm³/mol. The number of nitrogens with zero attached hydrogens (tertiary/aromatic N) is 4. The molecule has 3 aliphatic rings. The Kier molecular flexibility index (Phi) is 5.14. The van der Waals surface area contributed by atoms with E-state index in [1.165, 1.54) is 0 Å². The number of aromatic nitrogens is 4. The first-order valence-corrected chi connectivity index (χ1v) is 12.2. The van der Waals surface area contributed by atoms with Crippen molar-refractivity contribution in [1.82, 2.24) is 24.9 Å². The molecule has 2 bridgehead atoms. The summed E-state index contributed by atoms with van der Waals surface area (Å²) in [4.78, 5) is 12.5. The zero-order valence-corrected chi connectivity index (χ0v) is 20.0. The fraction of sp³-hybridized carbons (Fsp3) is 0.370. The fourth-order valence-electron chi connectivity index (χ4n) is 5.93. The van der Waals surface area contributed by atoms with Crippen LogP contribution in [-0.2, 0) is 12.6 Å². The number of fused-ring (bicyclic) bond motifs is 4. The van der Waals surface area contributed by atoms with Gasteiger partial charge in [0.15, 0.2) is 17.4 Å². The summed E-state index contributed by atoms with van der Waals surface area (Å²) in [5.41, 5.74) is 2.94. The number of hydrogen-bond acceptors (Lipinski definition) is 4. The van der Waals surface area contributed by atoms with Gasteiger partial charge in [0.1, 0.15) is 0 Å². The number of halogens is 2. The Labute approximate surface area is 206 Å². The highest BCUT2D eigenvalue weighted by atomic mass is 19.1. The molecule has 9 heteroatoms. The number of benzene rings is 2. The van der Waals surface area contributed by atoms with Crippen molar-refractivity contribution in [3.63, 3.8) is 0 Å². The van der Waals surface area contributed by atoms with E-state index in [-0.39, 0.29) is 16.5 Å². The minimum absolute atomic E-state index is 0.0223. The molecular formula is C27H27F2N5O2. The number of carbonyl (C=O) groups is 1. The van der Waals surface area contributed by atoms with Crippen molar-refractivity contribution in [1.29, 1.82) is 0 Å². The lowest BCUT2D eigenvalue weighted by atomic mass is 9.57. The zero-order valence-electron chi connectivity index (χ0n) is 20.0. The number of nitrogens with one attached hydrogen (secondary N) is 1. The Morgan fingerprint density at radius 2 is 1.72 bits per heavy atom. The second-order valence-electron chi connectivity index (χ2n) is 10.4. The highest BCUT2D eigenvalue weighted by Crippen LogP contribution is 2.55. The molecule has 0 radical (unpaired) electrons. The SMILES string of the molecule is Cn1cc(-c2ccc3cn([C@]45CC[C@](CNC(=O)c6cc(F)c(O)c(F)c6)(CC4)CC5)nc3c2)cn1. The number of aryl methyl sites for hydroxylation is 1. The second-order valence-corrected chi connectivity index (χ2v) is 10.4. The molecule has 2 aromatic carbocycles. The normalized spacial score (nSPS) is 23.3. The largest absolute Gasteiger partial charge is 0.503 e. The first-order chi connectivity index (χ1) is 17.3. The van der Waals surface area contributed by atoms with Crippen LogP contribution in [0.2, 0.25) is 0 Å². The van der Waals surface area contributed by atoms with Crippen LogP contribution in [0.25, 0.3) is 22.0 Å². The molecule has 3 fully saturated rings. The van der Waals surface area contributed by atoms with Crippen LogP contribution in [0.4, 0.5) is 8.78 Å². The lowest BCUT2D eigenvalue weighted by molar-refractivity contribution is -0.00562. The van der Waals surface area contributed by atoms with Crippen molar-refractivity contribution in [3.8, 4) is 16.9 Å². The molecule has 36 heavy (non-hydrogen) atoms. The van der Waals surface area contributed by atoms with Crippen LogP contribution in [0.1, 0.15) is 48.9 Å². The number of aromatic hydroxyl groups is 1. The molecule has 0 saturated heterocycles. The van der Waals surface area contributed by atoms with Crippen LogP contribution in [0.15, 0.2) is 48.9 Å². The van der Waals surface area contributed by atoms with Gasteiger partial charge >= 0.3 is 0 Å². The van der Waals surface area contributed by atoms with Crippen molar-refractivity contribution in [2.75, 3.05) is 6.54 Å². The van der Waals surface area contributed by atoms with Gasteiger partial charge in [-0.15, -0.1) is 0 Å². The van der Waals surface area contributed by atoms with E-state index < -0.39 is 23.3 Å². The van der Waals surface area contributed by atoms with Crippen LogP contribution in [-0.4, -0.2) is 37.1 Å². The highest BCUT2D eigenvalue weighted by molar-refractivity contribution is 5.94. The molecule has 2 N–H and O–H groups in total. The van der Waals surface area contributed by atoms with Gasteiger partial charge in [-0.1, -0.05) is 12.1 Å². The quantitative estimate of drug-likeness (QED) is 0.416. The molecule has 0 aliphatic heterocycles. The summed E-state index contributed by atoms with van der Waals surface area (Å²) in [7, 11) is 1.90. The van der Waals surface area contributed by atoms with Crippen molar-refractivity contribution >= 4 is 16.8 Å². The van der Waals surface area contributed by atoms with Gasteiger partial charge in [-0.3, -0.25) is 14.2 Å². The van der Waals surface area contributed by atoms with Crippen LogP contribution < -0.4 is 5.32 Å². The van der Waals surface area contributed by atoms with Crippen molar-refractivity contribution in [3.05, 3.63) is 66.1 Å². The molecule has 3 saturated carbocycles. The Hall–Kier alpha value is -3.75. The molecule has 186 valence electrons.